The molecule has 0 aromatic carbocycles. The molecule has 0 radical (unpaired) electrons. The van der Waals surface area contributed by atoms with Crippen molar-refractivity contribution in [1.82, 2.24) is 4.90 Å². The number of amides is 1. The number of rotatable bonds is 3. The van der Waals surface area contributed by atoms with E-state index in [4.69, 9.17) is 10.9 Å². The Morgan fingerprint density at radius 2 is 1.85 bits per heavy atom. The van der Waals surface area contributed by atoms with Gasteiger partial charge >= 0.3 is 0 Å². The van der Waals surface area contributed by atoms with Crippen molar-refractivity contribution in [2.75, 3.05) is 13.1 Å². The molecule has 1 heterocycles. The Labute approximate surface area is 121 Å². The molecular formula is C15H27N3O2. The van der Waals surface area contributed by atoms with Crippen LogP contribution in [0.1, 0.15) is 58.8 Å². The van der Waals surface area contributed by atoms with Crippen LogP contribution in [0.15, 0.2) is 5.16 Å². The van der Waals surface area contributed by atoms with Crippen LogP contribution in [0.2, 0.25) is 0 Å². The Morgan fingerprint density at radius 1 is 1.30 bits per heavy atom. The Kier molecular flexibility index (Phi) is 4.25. The van der Waals surface area contributed by atoms with Gasteiger partial charge in [0, 0.05) is 13.1 Å². The van der Waals surface area contributed by atoms with E-state index in [9.17, 15) is 4.79 Å². The minimum Gasteiger partial charge on any atom is -0.409 e. The van der Waals surface area contributed by atoms with Gasteiger partial charge in [0.15, 0.2) is 5.84 Å². The summed E-state index contributed by atoms with van der Waals surface area (Å²) in [6, 6.07) is 0. The molecule has 0 bridgehead atoms. The van der Waals surface area contributed by atoms with Crippen molar-refractivity contribution in [3.8, 4) is 0 Å². The van der Waals surface area contributed by atoms with Gasteiger partial charge in [0.05, 0.1) is 0 Å². The monoisotopic (exact) mass is 281 g/mol. The third kappa shape index (κ3) is 2.50. The first-order valence-electron chi connectivity index (χ1n) is 7.75. The largest absolute Gasteiger partial charge is 0.409 e. The molecule has 3 N–H and O–H groups in total. The first kappa shape index (κ1) is 15.1. The summed E-state index contributed by atoms with van der Waals surface area (Å²) in [5.74, 6) is 0.0225. The second-order valence-corrected chi connectivity index (χ2v) is 6.67. The third-order valence-electron chi connectivity index (χ3n) is 5.63. The van der Waals surface area contributed by atoms with Crippen LogP contribution in [-0.2, 0) is 4.79 Å². The summed E-state index contributed by atoms with van der Waals surface area (Å²) in [5.41, 5.74) is 5.35. The molecule has 5 nitrogen and oxygen atoms in total. The molecule has 1 aliphatic carbocycles. The first-order valence-corrected chi connectivity index (χ1v) is 7.75. The lowest BCUT2D eigenvalue weighted by atomic mass is 9.76. The number of likely N-dealkylation sites (tertiary alicyclic amines) is 1. The van der Waals surface area contributed by atoms with Crippen LogP contribution < -0.4 is 5.73 Å². The Balaban J connectivity index is 2.04. The molecule has 20 heavy (non-hydrogen) atoms. The molecular weight excluding hydrogens is 254 g/mol. The molecule has 0 aromatic rings. The van der Waals surface area contributed by atoms with Gasteiger partial charge in [-0.25, -0.2) is 0 Å². The second kappa shape index (κ2) is 5.62. The quantitative estimate of drug-likeness (QED) is 0.361. The van der Waals surface area contributed by atoms with Crippen LogP contribution in [0, 0.1) is 10.8 Å². The fourth-order valence-electron chi connectivity index (χ4n) is 3.71. The van der Waals surface area contributed by atoms with Crippen molar-refractivity contribution in [1.29, 1.82) is 0 Å². The molecule has 0 aromatic heterocycles. The molecule has 1 aliphatic heterocycles. The summed E-state index contributed by atoms with van der Waals surface area (Å²) in [6.07, 6.45) is 8.07. The number of carbonyl (C=O) groups excluding carboxylic acids is 1. The van der Waals surface area contributed by atoms with E-state index >= 15 is 0 Å². The highest BCUT2D eigenvalue weighted by atomic mass is 16.4. The van der Waals surface area contributed by atoms with Crippen molar-refractivity contribution in [2.45, 2.75) is 58.8 Å². The standard InChI is InChI=1S/C15H27N3O2/c1-3-14(2,12(16)17-20)13(19)18-10-8-15(9-11-18)6-4-5-7-15/h20H,3-11H2,1-2H3,(H2,16,17). The zero-order chi connectivity index (χ0) is 14.8. The number of oxime groups is 1. The zero-order valence-electron chi connectivity index (χ0n) is 12.7. The minimum absolute atomic E-state index is 0.00291. The van der Waals surface area contributed by atoms with Crippen molar-refractivity contribution in [3.63, 3.8) is 0 Å². The van der Waals surface area contributed by atoms with Crippen LogP contribution in [0.4, 0.5) is 0 Å². The van der Waals surface area contributed by atoms with Gasteiger partial charge in [-0.05, 0) is 44.4 Å². The molecule has 114 valence electrons. The lowest BCUT2D eigenvalue weighted by Gasteiger charge is -2.42. The summed E-state index contributed by atoms with van der Waals surface area (Å²) in [7, 11) is 0. The molecule has 2 rings (SSSR count). The fraction of sp³-hybridized carbons (Fsp3) is 0.867. The molecule has 1 saturated heterocycles. The van der Waals surface area contributed by atoms with E-state index in [0.717, 1.165) is 25.9 Å². The van der Waals surface area contributed by atoms with Crippen LogP contribution in [0.3, 0.4) is 0 Å². The van der Waals surface area contributed by atoms with E-state index in [1.807, 2.05) is 11.8 Å². The van der Waals surface area contributed by atoms with E-state index in [1.165, 1.54) is 25.7 Å². The number of nitrogens with two attached hydrogens (primary N) is 1. The second-order valence-electron chi connectivity index (χ2n) is 6.67. The highest BCUT2D eigenvalue weighted by Gasteiger charge is 2.43. The molecule has 1 unspecified atom stereocenters. The van der Waals surface area contributed by atoms with Crippen molar-refractivity contribution >= 4 is 11.7 Å². The van der Waals surface area contributed by atoms with E-state index < -0.39 is 5.41 Å². The molecule has 2 fully saturated rings. The third-order valence-corrected chi connectivity index (χ3v) is 5.63. The van der Waals surface area contributed by atoms with Crippen molar-refractivity contribution < 1.29 is 10.0 Å². The minimum atomic E-state index is -0.880. The molecule has 1 spiro atoms. The number of hydrogen-bond donors (Lipinski definition) is 2. The van der Waals surface area contributed by atoms with E-state index in [1.54, 1.807) is 6.92 Å². The van der Waals surface area contributed by atoms with Gasteiger partial charge in [-0.1, -0.05) is 24.9 Å². The predicted molar refractivity (Wildman–Crippen MR) is 78.5 cm³/mol. The smallest absolute Gasteiger partial charge is 0.236 e. The van der Waals surface area contributed by atoms with E-state index in [2.05, 4.69) is 5.16 Å². The Bertz CT molecular complexity index is 392. The van der Waals surface area contributed by atoms with Crippen molar-refractivity contribution in [3.05, 3.63) is 0 Å². The van der Waals surface area contributed by atoms with Crippen LogP contribution >= 0.6 is 0 Å². The topological polar surface area (TPSA) is 78.9 Å². The lowest BCUT2D eigenvalue weighted by molar-refractivity contribution is -0.140. The van der Waals surface area contributed by atoms with Gasteiger partial charge in [0.1, 0.15) is 5.41 Å². The highest BCUT2D eigenvalue weighted by molar-refractivity contribution is 6.06. The maximum atomic E-state index is 12.7. The van der Waals surface area contributed by atoms with E-state index in [-0.39, 0.29) is 11.7 Å². The van der Waals surface area contributed by atoms with Crippen molar-refractivity contribution in [2.24, 2.45) is 21.7 Å². The number of amidine groups is 1. The molecule has 1 atom stereocenters. The summed E-state index contributed by atoms with van der Waals surface area (Å²) in [5, 5.41) is 12.0. The SMILES string of the molecule is CCC(C)(C(=O)N1CCC2(CCCC2)CC1)C(N)=NO. The maximum absolute atomic E-state index is 12.7. The van der Waals surface area contributed by atoms with Crippen LogP contribution in [0.25, 0.3) is 0 Å². The first-order chi connectivity index (χ1) is 9.47. The fourth-order valence-corrected chi connectivity index (χ4v) is 3.71. The molecule has 2 aliphatic rings. The summed E-state index contributed by atoms with van der Waals surface area (Å²) in [6.45, 7) is 5.29. The molecule has 1 amide bonds. The number of hydrogen-bond acceptors (Lipinski definition) is 3. The van der Waals surface area contributed by atoms with Crippen LogP contribution in [-0.4, -0.2) is 34.9 Å². The summed E-state index contributed by atoms with van der Waals surface area (Å²) in [4.78, 5) is 14.6. The predicted octanol–water partition coefficient (Wildman–Crippen LogP) is 2.33. The average Bonchev–Trinajstić information content (AvgIpc) is 2.93. The Morgan fingerprint density at radius 3 is 2.30 bits per heavy atom. The van der Waals surface area contributed by atoms with E-state index in [0.29, 0.717) is 11.8 Å². The van der Waals surface area contributed by atoms with Gasteiger partial charge < -0.3 is 15.8 Å². The summed E-state index contributed by atoms with van der Waals surface area (Å²) >= 11 is 0. The number of carbonyl (C=O) groups is 1. The number of nitrogens with zero attached hydrogens (tertiary/aromatic N) is 2. The average molecular weight is 281 g/mol. The van der Waals surface area contributed by atoms with Gasteiger partial charge in [-0.15, -0.1) is 0 Å². The zero-order valence-corrected chi connectivity index (χ0v) is 12.7. The van der Waals surface area contributed by atoms with Gasteiger partial charge in [-0.2, -0.15) is 0 Å². The van der Waals surface area contributed by atoms with Crippen LogP contribution in [0.5, 0.6) is 0 Å². The number of piperidine rings is 1. The summed E-state index contributed by atoms with van der Waals surface area (Å²) < 4.78 is 0. The normalized spacial score (nSPS) is 25.7. The lowest BCUT2D eigenvalue weighted by Crippen LogP contribution is -2.52. The Hall–Kier alpha value is -1.26. The molecule has 5 heteroatoms. The molecule has 1 saturated carbocycles. The highest BCUT2D eigenvalue weighted by Crippen LogP contribution is 2.46. The van der Waals surface area contributed by atoms with Gasteiger partial charge in [0.25, 0.3) is 0 Å². The van der Waals surface area contributed by atoms with Gasteiger partial charge in [0.2, 0.25) is 5.91 Å². The van der Waals surface area contributed by atoms with Gasteiger partial charge in [-0.3, -0.25) is 4.79 Å². The maximum Gasteiger partial charge on any atom is 0.236 e.